The monoisotopic (exact) mass is 379 g/mol. The molecule has 1 aromatic rings. The van der Waals surface area contributed by atoms with Gasteiger partial charge in [0.15, 0.2) is 0 Å². The van der Waals surface area contributed by atoms with Gasteiger partial charge in [0.05, 0.1) is 0 Å². The molecule has 1 heterocycles. The Balaban J connectivity index is 2.59. The Morgan fingerprint density at radius 1 is 1.43 bits per heavy atom. The standard InChI is InChI=1S/C9H6ClNO2.W/c1-5(10)6-2-8-9(3-7(6)11)13-4-12-8;/h2-3H,1,4H2;. The third-order valence-electron chi connectivity index (χ3n) is 1.88. The van der Waals surface area contributed by atoms with Gasteiger partial charge in [0, 0.05) is 0 Å². The van der Waals surface area contributed by atoms with E-state index >= 15 is 0 Å². The molecule has 0 radical (unpaired) electrons. The molecule has 0 amide bonds. The summed E-state index contributed by atoms with van der Waals surface area (Å²) in [6, 6.07) is 3.62. The van der Waals surface area contributed by atoms with Crippen LogP contribution in [-0.4, -0.2) is 6.79 Å². The minimum absolute atomic E-state index is 0.254. The van der Waals surface area contributed by atoms with Crippen LogP contribution in [0.3, 0.4) is 0 Å². The summed E-state index contributed by atoms with van der Waals surface area (Å²) in [6.07, 6.45) is 0. The maximum absolute atomic E-state index is 5.85. The van der Waals surface area contributed by atoms with Gasteiger partial charge in [0.1, 0.15) is 0 Å². The van der Waals surface area contributed by atoms with Crippen LogP contribution in [0.1, 0.15) is 5.56 Å². The Labute approximate surface area is 97.4 Å². The van der Waals surface area contributed by atoms with Crippen molar-refractivity contribution in [1.82, 2.24) is 0 Å². The van der Waals surface area contributed by atoms with Gasteiger partial charge in [-0.25, -0.2) is 0 Å². The van der Waals surface area contributed by atoms with Gasteiger partial charge < -0.3 is 0 Å². The topological polar surface area (TPSA) is 30.8 Å². The fraction of sp³-hybridized carbons (Fsp3) is 0.111. The van der Waals surface area contributed by atoms with Gasteiger partial charge in [-0.2, -0.15) is 0 Å². The van der Waals surface area contributed by atoms with Gasteiger partial charge in [-0.1, -0.05) is 0 Å². The Bertz CT molecular complexity index is 420. The van der Waals surface area contributed by atoms with E-state index in [0.29, 0.717) is 16.5 Å². The SMILES string of the molecule is C=C(Cl)c1cc2c(cc1[N]=[W])OCO2. The summed E-state index contributed by atoms with van der Waals surface area (Å²) >= 11 is 6.96. The Morgan fingerprint density at radius 2 is 2.07 bits per heavy atom. The molecule has 2 rings (SSSR count). The van der Waals surface area contributed by atoms with E-state index < -0.39 is 0 Å². The van der Waals surface area contributed by atoms with Crippen molar-refractivity contribution in [1.29, 1.82) is 0 Å². The molecule has 0 atom stereocenters. The molecule has 0 N–H and O–H groups in total. The first-order valence-corrected chi connectivity index (χ1v) is 5.53. The van der Waals surface area contributed by atoms with Gasteiger partial charge in [0.2, 0.25) is 0 Å². The van der Waals surface area contributed by atoms with E-state index in [1.165, 1.54) is 0 Å². The van der Waals surface area contributed by atoms with Crippen LogP contribution in [0, 0.1) is 0 Å². The molecule has 1 aliphatic rings. The van der Waals surface area contributed by atoms with Crippen molar-refractivity contribution in [3.8, 4) is 11.5 Å². The van der Waals surface area contributed by atoms with Crippen LogP contribution < -0.4 is 9.47 Å². The molecule has 1 aliphatic heterocycles. The first kappa shape index (κ1) is 9.88. The molecular weight excluding hydrogens is 373 g/mol. The van der Waals surface area contributed by atoms with Crippen molar-refractivity contribution < 1.29 is 29.1 Å². The van der Waals surface area contributed by atoms with E-state index in [1.54, 1.807) is 6.07 Å². The number of ether oxygens (including phenoxy) is 2. The summed E-state index contributed by atoms with van der Waals surface area (Å²) in [5.41, 5.74) is 1.59. The van der Waals surface area contributed by atoms with Crippen LogP contribution in [0.25, 0.3) is 5.03 Å². The number of hydrogen-bond donors (Lipinski definition) is 0. The van der Waals surface area contributed by atoms with Gasteiger partial charge in [-0.05, 0) is 0 Å². The second-order valence-corrected chi connectivity index (χ2v) is 3.83. The van der Waals surface area contributed by atoms with Crippen molar-refractivity contribution in [2.45, 2.75) is 0 Å². The number of halogens is 1. The molecule has 14 heavy (non-hydrogen) atoms. The van der Waals surface area contributed by atoms with Gasteiger partial charge in [-0.15, -0.1) is 0 Å². The molecule has 0 unspecified atom stereocenters. The van der Waals surface area contributed by atoms with Crippen LogP contribution in [0.2, 0.25) is 0 Å². The van der Waals surface area contributed by atoms with Gasteiger partial charge in [0.25, 0.3) is 0 Å². The first-order chi connectivity index (χ1) is 6.72. The number of fused-ring (bicyclic) bond motifs is 1. The molecular formula is C9H6ClNO2W. The third-order valence-corrected chi connectivity index (χ3v) is 2.79. The number of rotatable bonds is 2. The summed E-state index contributed by atoms with van der Waals surface area (Å²) in [4.78, 5) is 0. The molecule has 0 spiro atoms. The maximum atomic E-state index is 5.85. The summed E-state index contributed by atoms with van der Waals surface area (Å²) in [5, 5.41) is 0.461. The van der Waals surface area contributed by atoms with Crippen LogP contribution in [0.15, 0.2) is 22.2 Å². The molecule has 3 nitrogen and oxygen atoms in total. The Hall–Kier alpha value is -0.662. The van der Waals surface area contributed by atoms with E-state index in [9.17, 15) is 0 Å². The van der Waals surface area contributed by atoms with Gasteiger partial charge in [-0.3, -0.25) is 0 Å². The van der Waals surface area contributed by atoms with Gasteiger partial charge >= 0.3 is 97.5 Å². The Morgan fingerprint density at radius 3 is 2.64 bits per heavy atom. The predicted molar refractivity (Wildman–Crippen MR) is 49.5 cm³/mol. The van der Waals surface area contributed by atoms with E-state index in [4.69, 9.17) is 21.1 Å². The number of benzene rings is 1. The predicted octanol–water partition coefficient (Wildman–Crippen LogP) is 2.99. The molecule has 0 aliphatic carbocycles. The van der Waals surface area contributed by atoms with E-state index in [2.05, 4.69) is 10.1 Å². The third kappa shape index (κ3) is 1.62. The molecule has 0 fully saturated rings. The molecule has 0 saturated heterocycles. The average molecular weight is 379 g/mol. The Kier molecular flexibility index (Phi) is 2.71. The number of hydrogen-bond acceptors (Lipinski definition) is 3. The zero-order chi connectivity index (χ0) is 10.1. The van der Waals surface area contributed by atoms with E-state index in [1.807, 2.05) is 6.07 Å². The fourth-order valence-electron chi connectivity index (χ4n) is 1.22. The van der Waals surface area contributed by atoms with Crippen molar-refractivity contribution in [3.63, 3.8) is 0 Å². The van der Waals surface area contributed by atoms with Crippen LogP contribution in [-0.2, 0) is 19.6 Å². The molecule has 1 aromatic carbocycles. The van der Waals surface area contributed by atoms with Crippen molar-refractivity contribution in [3.05, 3.63) is 24.3 Å². The zero-order valence-corrected chi connectivity index (χ0v) is 10.8. The summed E-state index contributed by atoms with van der Waals surface area (Å²) in [6.45, 7) is 3.93. The van der Waals surface area contributed by atoms with Crippen LogP contribution in [0.5, 0.6) is 11.5 Å². The quantitative estimate of drug-likeness (QED) is 0.791. The summed E-state index contributed by atoms with van der Waals surface area (Å²) in [7, 11) is 0. The second kappa shape index (κ2) is 3.83. The minimum atomic E-state index is 0.254. The molecule has 5 heteroatoms. The van der Waals surface area contributed by atoms with Crippen molar-refractivity contribution in [2.24, 2.45) is 3.50 Å². The zero-order valence-electron chi connectivity index (χ0n) is 7.12. The number of nitrogens with zero attached hydrogens (tertiary/aromatic N) is 1. The van der Waals surface area contributed by atoms with Crippen molar-refractivity contribution in [2.75, 3.05) is 6.79 Å². The van der Waals surface area contributed by atoms with Crippen LogP contribution >= 0.6 is 11.6 Å². The summed E-state index contributed by atoms with van der Waals surface area (Å²) in [5.74, 6) is 1.41. The second-order valence-electron chi connectivity index (χ2n) is 2.72. The molecule has 0 saturated carbocycles. The molecule has 0 bridgehead atoms. The molecule has 0 aromatic heterocycles. The summed E-state index contributed by atoms with van der Waals surface area (Å²) < 4.78 is 14.6. The van der Waals surface area contributed by atoms with E-state index in [0.717, 1.165) is 30.9 Å². The normalized spacial score (nSPS) is 12.6. The fourth-order valence-corrected chi connectivity index (χ4v) is 1.92. The van der Waals surface area contributed by atoms with Crippen LogP contribution in [0.4, 0.5) is 5.69 Å². The molecule has 72 valence electrons. The first-order valence-electron chi connectivity index (χ1n) is 3.84. The van der Waals surface area contributed by atoms with Crippen molar-refractivity contribution >= 4 is 22.3 Å². The van der Waals surface area contributed by atoms with E-state index in [-0.39, 0.29) is 6.79 Å². The average Bonchev–Trinajstić information content (AvgIpc) is 2.62.